The highest BCUT2D eigenvalue weighted by atomic mass is 16.3. The van der Waals surface area contributed by atoms with Crippen LogP contribution in [0.15, 0.2) is 235 Å². The van der Waals surface area contributed by atoms with E-state index in [9.17, 15) is 0 Å². The topological polar surface area (TPSA) is 13.1 Å². The molecule has 0 saturated heterocycles. The maximum Gasteiger partial charge on any atom is 0.136 e. The third kappa shape index (κ3) is 5.43. The number of hydrogen-bond acceptors (Lipinski definition) is 1. The average molecular weight is 799 g/mol. The van der Waals surface area contributed by atoms with Crippen molar-refractivity contribution in [1.82, 2.24) is 0 Å². The van der Waals surface area contributed by atoms with Crippen molar-refractivity contribution in [3.05, 3.63) is 231 Å². The van der Waals surface area contributed by atoms with Crippen molar-refractivity contribution < 1.29 is 4.42 Å². The van der Waals surface area contributed by atoms with Crippen LogP contribution in [-0.2, 0) is 0 Å². The molecule has 0 radical (unpaired) electrons. The fourth-order valence-electron chi connectivity index (χ4n) is 10.6. The van der Waals surface area contributed by atoms with E-state index >= 15 is 0 Å². The van der Waals surface area contributed by atoms with Crippen LogP contribution in [0.3, 0.4) is 0 Å². The van der Waals surface area contributed by atoms with Gasteiger partial charge in [0, 0.05) is 10.8 Å². The van der Waals surface area contributed by atoms with Gasteiger partial charge in [0.05, 0.1) is 0 Å². The lowest BCUT2D eigenvalue weighted by atomic mass is 9.83. The maximum atomic E-state index is 6.91. The van der Waals surface area contributed by atoms with Crippen molar-refractivity contribution in [2.45, 2.75) is 0 Å². The number of hydrogen-bond donors (Lipinski definition) is 0. The maximum absolute atomic E-state index is 6.91. The molecule has 0 spiro atoms. The summed E-state index contributed by atoms with van der Waals surface area (Å²) in [5.41, 5.74) is 14.0. The van der Waals surface area contributed by atoms with Gasteiger partial charge in [-0.25, -0.2) is 0 Å². The van der Waals surface area contributed by atoms with Crippen molar-refractivity contribution in [3.63, 3.8) is 0 Å². The lowest BCUT2D eigenvalue weighted by Crippen LogP contribution is -1.92. The van der Waals surface area contributed by atoms with Crippen LogP contribution in [0.5, 0.6) is 0 Å². The lowest BCUT2D eigenvalue weighted by molar-refractivity contribution is 0.669. The quantitative estimate of drug-likeness (QED) is 0.158. The van der Waals surface area contributed by atoms with Crippen LogP contribution in [0, 0.1) is 0 Å². The van der Waals surface area contributed by atoms with Crippen LogP contribution in [0.2, 0.25) is 0 Å². The van der Waals surface area contributed by atoms with Gasteiger partial charge in [0.2, 0.25) is 0 Å². The summed E-state index contributed by atoms with van der Waals surface area (Å²) in [6, 6.07) is 84.0. The zero-order chi connectivity index (χ0) is 41.4. The van der Waals surface area contributed by atoms with Crippen molar-refractivity contribution in [3.8, 4) is 55.6 Å². The molecule has 0 amide bonds. The molecule has 0 aliphatic rings. The normalized spacial score (nSPS) is 11.8. The third-order valence-corrected chi connectivity index (χ3v) is 13.3. The Kier molecular flexibility index (Phi) is 7.98. The van der Waals surface area contributed by atoms with Crippen molar-refractivity contribution >= 4 is 75.8 Å². The van der Waals surface area contributed by atoms with Crippen LogP contribution in [0.4, 0.5) is 0 Å². The summed E-state index contributed by atoms with van der Waals surface area (Å²) in [5.74, 6) is 0. The van der Waals surface area contributed by atoms with E-state index in [4.69, 9.17) is 4.42 Å². The molecule has 1 aromatic heterocycles. The highest BCUT2D eigenvalue weighted by molar-refractivity contribution is 6.27. The predicted molar refractivity (Wildman–Crippen MR) is 268 cm³/mol. The molecule has 0 unspecified atom stereocenters. The van der Waals surface area contributed by atoms with Crippen LogP contribution in [0.1, 0.15) is 0 Å². The molecule has 0 fully saturated rings. The van der Waals surface area contributed by atoms with Crippen molar-refractivity contribution in [1.29, 1.82) is 0 Å². The smallest absolute Gasteiger partial charge is 0.136 e. The van der Waals surface area contributed by atoms with Gasteiger partial charge in [0.25, 0.3) is 0 Å². The second kappa shape index (κ2) is 14.2. The summed E-state index contributed by atoms with van der Waals surface area (Å²) in [6.07, 6.45) is 0. The summed E-state index contributed by atoms with van der Waals surface area (Å²) in [6.45, 7) is 0. The molecule has 0 aliphatic carbocycles. The molecule has 0 N–H and O–H groups in total. The van der Waals surface area contributed by atoms with E-state index in [1.54, 1.807) is 0 Å². The number of rotatable bonds is 5. The molecular formula is C62H38O. The molecule has 63 heavy (non-hydrogen) atoms. The van der Waals surface area contributed by atoms with Crippen LogP contribution >= 0.6 is 0 Å². The van der Waals surface area contributed by atoms with E-state index in [1.165, 1.54) is 104 Å². The van der Waals surface area contributed by atoms with Crippen LogP contribution in [0.25, 0.3) is 131 Å². The van der Waals surface area contributed by atoms with E-state index in [-0.39, 0.29) is 0 Å². The summed E-state index contributed by atoms with van der Waals surface area (Å²) < 4.78 is 6.91. The minimum absolute atomic E-state index is 0.879. The summed E-state index contributed by atoms with van der Waals surface area (Å²) in [7, 11) is 0. The molecule has 0 aliphatic heterocycles. The molecule has 292 valence electrons. The van der Waals surface area contributed by atoms with E-state index in [0.29, 0.717) is 0 Å². The zero-order valence-electron chi connectivity index (χ0n) is 34.3. The van der Waals surface area contributed by atoms with E-state index in [2.05, 4.69) is 231 Å². The number of furan rings is 1. The Morgan fingerprint density at radius 1 is 0.206 bits per heavy atom. The number of fused-ring (bicyclic) bond motifs is 8. The Balaban J connectivity index is 1.04. The Morgan fingerprint density at radius 2 is 0.619 bits per heavy atom. The predicted octanol–water partition coefficient (Wildman–Crippen LogP) is 17.7. The first kappa shape index (κ1) is 35.5. The van der Waals surface area contributed by atoms with Crippen LogP contribution in [-0.4, -0.2) is 0 Å². The van der Waals surface area contributed by atoms with Gasteiger partial charge in [0.1, 0.15) is 11.2 Å². The molecule has 1 heterocycles. The second-order valence-electron chi connectivity index (χ2n) is 16.6. The fourth-order valence-corrected chi connectivity index (χ4v) is 10.6. The lowest BCUT2D eigenvalue weighted by Gasteiger charge is -2.19. The van der Waals surface area contributed by atoms with Gasteiger partial charge in [-0.1, -0.05) is 212 Å². The molecule has 1 nitrogen and oxygen atoms in total. The first-order chi connectivity index (χ1) is 31.3. The molecule has 13 rings (SSSR count). The fraction of sp³-hybridized carbons (Fsp3) is 0. The van der Waals surface area contributed by atoms with Crippen molar-refractivity contribution in [2.24, 2.45) is 0 Å². The highest BCUT2D eigenvalue weighted by Crippen LogP contribution is 2.49. The molecule has 1 heteroatoms. The first-order valence-corrected chi connectivity index (χ1v) is 21.8. The van der Waals surface area contributed by atoms with Gasteiger partial charge < -0.3 is 4.42 Å². The molecule has 0 saturated carbocycles. The van der Waals surface area contributed by atoms with Gasteiger partial charge in [-0.15, -0.1) is 0 Å². The Labute approximate surface area is 364 Å². The molecular weight excluding hydrogens is 761 g/mol. The molecule has 12 aromatic carbocycles. The van der Waals surface area contributed by atoms with E-state index in [1.807, 2.05) is 0 Å². The van der Waals surface area contributed by atoms with Gasteiger partial charge in [-0.05, 0) is 128 Å². The Hall–Kier alpha value is -8.26. The van der Waals surface area contributed by atoms with E-state index < -0.39 is 0 Å². The first-order valence-electron chi connectivity index (χ1n) is 21.8. The zero-order valence-corrected chi connectivity index (χ0v) is 34.3. The number of benzene rings is 12. The van der Waals surface area contributed by atoms with Crippen molar-refractivity contribution in [2.75, 3.05) is 0 Å². The summed E-state index contributed by atoms with van der Waals surface area (Å²) in [4.78, 5) is 0. The van der Waals surface area contributed by atoms with E-state index in [0.717, 1.165) is 27.5 Å². The molecule has 0 bridgehead atoms. The molecule has 0 atom stereocenters. The minimum atomic E-state index is 0.879. The van der Waals surface area contributed by atoms with Gasteiger partial charge in [-0.3, -0.25) is 0 Å². The minimum Gasteiger partial charge on any atom is -0.456 e. The Bertz CT molecular complexity index is 3840. The highest BCUT2D eigenvalue weighted by Gasteiger charge is 2.23. The second-order valence-corrected chi connectivity index (χ2v) is 16.6. The molecule has 13 aromatic rings. The summed E-state index contributed by atoms with van der Waals surface area (Å²) >= 11 is 0. The summed E-state index contributed by atoms with van der Waals surface area (Å²) in [5, 5.41) is 14.6. The Morgan fingerprint density at radius 3 is 1.16 bits per heavy atom. The van der Waals surface area contributed by atoms with Gasteiger partial charge in [-0.2, -0.15) is 0 Å². The van der Waals surface area contributed by atoms with Crippen LogP contribution < -0.4 is 0 Å². The standard InChI is InChI=1S/C62H38O/c1-3-18-39(19-4-1)42-36-37-53(44-23-8-7-22-43(42)44)60-49-28-13-11-26-47(49)59(48-27-12-14-29-50(48)60)41-34-35-54-57(38-41)63-56-33-17-32-55(62(54)56)61-51-30-15-9-24-45(51)58(40-20-5-2-6-21-40)46-25-10-16-31-52(46)61/h1-38H. The van der Waals surface area contributed by atoms with Gasteiger partial charge >= 0.3 is 0 Å². The largest absolute Gasteiger partial charge is 0.456 e. The monoisotopic (exact) mass is 798 g/mol. The average Bonchev–Trinajstić information content (AvgIpc) is 3.73. The van der Waals surface area contributed by atoms with Gasteiger partial charge in [0.15, 0.2) is 0 Å². The SMILES string of the molecule is c1ccc(-c2ccc(-c3c4ccccc4c(-c4ccc5c(c4)oc4cccc(-c6c7ccccc7c(-c7ccccc7)c7ccccc67)c45)c4ccccc34)c3ccccc23)cc1. The third-order valence-electron chi connectivity index (χ3n) is 13.3.